The van der Waals surface area contributed by atoms with Crippen molar-refractivity contribution in [3.05, 3.63) is 47.8 Å². The summed E-state index contributed by atoms with van der Waals surface area (Å²) in [6.07, 6.45) is 3.84. The number of hydrogen-bond donors (Lipinski definition) is 1. The zero-order valence-electron chi connectivity index (χ0n) is 9.71. The lowest BCUT2D eigenvalue weighted by Gasteiger charge is -2.17. The highest BCUT2D eigenvalue weighted by Crippen LogP contribution is 2.30. The third-order valence-corrected chi connectivity index (χ3v) is 3.08. The summed E-state index contributed by atoms with van der Waals surface area (Å²) in [4.78, 5) is 14.1. The van der Waals surface area contributed by atoms with Crippen LogP contribution in [0.1, 0.15) is 15.9 Å². The Morgan fingerprint density at radius 3 is 2.94 bits per heavy atom. The molecule has 0 unspecified atom stereocenters. The smallest absolute Gasteiger partial charge is 0.259 e. The molecule has 2 N–H and O–H groups in total. The van der Waals surface area contributed by atoms with Crippen molar-refractivity contribution in [2.75, 3.05) is 17.2 Å². The van der Waals surface area contributed by atoms with Gasteiger partial charge in [-0.25, -0.2) is 0 Å². The average Bonchev–Trinajstić information content (AvgIpc) is 2.81. The Hall–Kier alpha value is -2.43. The molecule has 0 saturated carbocycles. The number of hydrogen-bond acceptors (Lipinski definition) is 4. The molecule has 0 saturated heterocycles. The Morgan fingerprint density at radius 1 is 1.28 bits per heavy atom. The molecule has 18 heavy (non-hydrogen) atoms. The number of rotatable bonds is 1. The van der Waals surface area contributed by atoms with Crippen LogP contribution in [0.2, 0.25) is 0 Å². The molecule has 1 aliphatic heterocycles. The van der Waals surface area contributed by atoms with Gasteiger partial charge in [0, 0.05) is 17.9 Å². The van der Waals surface area contributed by atoms with Crippen LogP contribution in [0.25, 0.3) is 0 Å². The summed E-state index contributed by atoms with van der Waals surface area (Å²) < 4.78 is 0. The molecule has 1 aromatic carbocycles. The summed E-state index contributed by atoms with van der Waals surface area (Å²) in [5.41, 5.74) is 9.07. The van der Waals surface area contributed by atoms with E-state index < -0.39 is 0 Å². The molecule has 5 nitrogen and oxygen atoms in total. The Balaban J connectivity index is 1.95. The predicted octanol–water partition coefficient (Wildman–Crippen LogP) is 1.26. The van der Waals surface area contributed by atoms with E-state index in [1.54, 1.807) is 11.0 Å². The highest BCUT2D eigenvalue weighted by Gasteiger charge is 2.25. The first kappa shape index (κ1) is 10.7. The summed E-state index contributed by atoms with van der Waals surface area (Å²) in [5.74, 6) is -0.0478. The van der Waals surface area contributed by atoms with Crippen LogP contribution in [0.5, 0.6) is 0 Å². The first-order chi connectivity index (χ1) is 8.75. The Morgan fingerprint density at radius 2 is 2.17 bits per heavy atom. The number of benzene rings is 1. The number of carbonyl (C=O) groups is 1. The van der Waals surface area contributed by atoms with E-state index in [0.717, 1.165) is 23.4 Å². The lowest BCUT2D eigenvalue weighted by molar-refractivity contribution is 0.0989. The molecule has 90 valence electrons. The second-order valence-corrected chi connectivity index (χ2v) is 4.23. The summed E-state index contributed by atoms with van der Waals surface area (Å²) >= 11 is 0. The zero-order valence-corrected chi connectivity index (χ0v) is 9.71. The fraction of sp³-hybridized carbons (Fsp3) is 0.154. The minimum absolute atomic E-state index is 0.0478. The summed E-state index contributed by atoms with van der Waals surface area (Å²) in [5, 5.41) is 7.40. The van der Waals surface area contributed by atoms with Gasteiger partial charge < -0.3 is 10.6 Å². The molecule has 0 aliphatic carbocycles. The fourth-order valence-electron chi connectivity index (χ4n) is 2.21. The largest absolute Gasteiger partial charge is 0.399 e. The number of aromatic nitrogens is 2. The number of nitrogens with zero attached hydrogens (tertiary/aromatic N) is 3. The van der Waals surface area contributed by atoms with Gasteiger partial charge in [0.2, 0.25) is 0 Å². The molecule has 0 fully saturated rings. The van der Waals surface area contributed by atoms with Gasteiger partial charge in [-0.1, -0.05) is 0 Å². The second-order valence-electron chi connectivity index (χ2n) is 4.23. The molecule has 0 radical (unpaired) electrons. The molecular formula is C13H12N4O. The fourth-order valence-corrected chi connectivity index (χ4v) is 2.21. The number of amides is 1. The third-order valence-electron chi connectivity index (χ3n) is 3.08. The van der Waals surface area contributed by atoms with Crippen LogP contribution in [0.4, 0.5) is 11.4 Å². The maximum absolute atomic E-state index is 12.3. The van der Waals surface area contributed by atoms with Crippen molar-refractivity contribution >= 4 is 17.3 Å². The summed E-state index contributed by atoms with van der Waals surface area (Å²) in [6, 6.07) is 7.30. The Kier molecular flexibility index (Phi) is 2.44. The van der Waals surface area contributed by atoms with Crippen LogP contribution in [-0.2, 0) is 6.42 Å². The van der Waals surface area contributed by atoms with E-state index in [0.29, 0.717) is 12.1 Å². The number of nitrogen functional groups attached to an aromatic ring is 1. The topological polar surface area (TPSA) is 72.1 Å². The molecule has 1 amide bonds. The minimum atomic E-state index is -0.0478. The van der Waals surface area contributed by atoms with E-state index >= 15 is 0 Å². The van der Waals surface area contributed by atoms with E-state index in [1.165, 1.54) is 12.4 Å². The van der Waals surface area contributed by atoms with Crippen molar-refractivity contribution in [1.29, 1.82) is 0 Å². The summed E-state index contributed by atoms with van der Waals surface area (Å²) in [7, 11) is 0. The summed E-state index contributed by atoms with van der Waals surface area (Å²) in [6.45, 7) is 0.680. The van der Waals surface area contributed by atoms with Crippen molar-refractivity contribution in [1.82, 2.24) is 10.2 Å². The van der Waals surface area contributed by atoms with Crippen molar-refractivity contribution in [2.45, 2.75) is 6.42 Å². The normalized spacial score (nSPS) is 13.4. The van der Waals surface area contributed by atoms with Crippen LogP contribution in [0, 0.1) is 0 Å². The van der Waals surface area contributed by atoms with E-state index in [9.17, 15) is 4.79 Å². The van der Waals surface area contributed by atoms with Gasteiger partial charge >= 0.3 is 0 Å². The SMILES string of the molecule is Nc1ccc2c(c1)CCN2C(=O)c1ccnnc1. The zero-order chi connectivity index (χ0) is 12.5. The molecule has 3 rings (SSSR count). The molecule has 0 atom stereocenters. The number of fused-ring (bicyclic) bond motifs is 1. The maximum Gasteiger partial charge on any atom is 0.259 e. The molecule has 0 spiro atoms. The van der Waals surface area contributed by atoms with E-state index in [2.05, 4.69) is 10.2 Å². The number of nitrogens with two attached hydrogens (primary N) is 1. The standard InChI is InChI=1S/C13H12N4O/c14-11-1-2-12-9(7-11)4-6-17(12)13(18)10-3-5-15-16-8-10/h1-3,5,7-8H,4,6,14H2. The lowest BCUT2D eigenvalue weighted by atomic mass is 10.1. The Labute approximate surface area is 104 Å². The number of carbonyl (C=O) groups excluding carboxylic acids is 1. The highest BCUT2D eigenvalue weighted by atomic mass is 16.2. The Bertz CT molecular complexity index is 597. The monoisotopic (exact) mass is 240 g/mol. The maximum atomic E-state index is 12.3. The van der Waals surface area contributed by atoms with Crippen LogP contribution in [0.15, 0.2) is 36.7 Å². The average molecular weight is 240 g/mol. The molecule has 0 bridgehead atoms. The molecule has 2 aromatic rings. The molecule has 2 heterocycles. The number of anilines is 2. The van der Waals surface area contributed by atoms with Gasteiger partial charge in [0.1, 0.15) is 0 Å². The minimum Gasteiger partial charge on any atom is -0.399 e. The van der Waals surface area contributed by atoms with Gasteiger partial charge in [0.15, 0.2) is 0 Å². The van der Waals surface area contributed by atoms with Gasteiger partial charge in [-0.2, -0.15) is 10.2 Å². The quantitative estimate of drug-likeness (QED) is 0.762. The van der Waals surface area contributed by atoms with Crippen LogP contribution >= 0.6 is 0 Å². The van der Waals surface area contributed by atoms with E-state index in [1.807, 2.05) is 18.2 Å². The highest BCUT2D eigenvalue weighted by molar-refractivity contribution is 6.07. The van der Waals surface area contributed by atoms with Gasteiger partial charge in [0.05, 0.1) is 18.0 Å². The van der Waals surface area contributed by atoms with Crippen molar-refractivity contribution in [2.24, 2.45) is 0 Å². The van der Waals surface area contributed by atoms with Crippen molar-refractivity contribution in [3.8, 4) is 0 Å². The predicted molar refractivity (Wildman–Crippen MR) is 68.3 cm³/mol. The second kappa shape index (κ2) is 4.10. The van der Waals surface area contributed by atoms with Gasteiger partial charge in [-0.05, 0) is 36.2 Å². The van der Waals surface area contributed by atoms with Gasteiger partial charge in [-0.3, -0.25) is 4.79 Å². The van der Waals surface area contributed by atoms with E-state index in [-0.39, 0.29) is 5.91 Å². The molecular weight excluding hydrogens is 228 g/mol. The van der Waals surface area contributed by atoms with Crippen molar-refractivity contribution < 1.29 is 4.79 Å². The molecule has 5 heteroatoms. The first-order valence-corrected chi connectivity index (χ1v) is 5.72. The van der Waals surface area contributed by atoms with Gasteiger partial charge in [-0.15, -0.1) is 0 Å². The van der Waals surface area contributed by atoms with Crippen LogP contribution in [-0.4, -0.2) is 22.6 Å². The molecule has 1 aliphatic rings. The third kappa shape index (κ3) is 1.69. The van der Waals surface area contributed by atoms with Gasteiger partial charge in [0.25, 0.3) is 5.91 Å². The molecule has 1 aromatic heterocycles. The van der Waals surface area contributed by atoms with Crippen LogP contribution in [0.3, 0.4) is 0 Å². The lowest BCUT2D eigenvalue weighted by Crippen LogP contribution is -2.28. The van der Waals surface area contributed by atoms with Crippen molar-refractivity contribution in [3.63, 3.8) is 0 Å². The van der Waals surface area contributed by atoms with Crippen LogP contribution < -0.4 is 10.6 Å². The van der Waals surface area contributed by atoms with E-state index in [4.69, 9.17) is 5.73 Å². The first-order valence-electron chi connectivity index (χ1n) is 5.72.